The Morgan fingerprint density at radius 1 is 1.41 bits per heavy atom. The summed E-state index contributed by atoms with van der Waals surface area (Å²) in [5, 5.41) is 10.0. The number of carboxylic acid groups (broad SMARTS) is 1. The van der Waals surface area contributed by atoms with Crippen molar-refractivity contribution in [2.45, 2.75) is 25.0 Å². The molecule has 0 bridgehead atoms. The van der Waals surface area contributed by atoms with Gasteiger partial charge in [-0.1, -0.05) is 29.3 Å². The van der Waals surface area contributed by atoms with Crippen molar-refractivity contribution in [3.8, 4) is 0 Å². The second kappa shape index (κ2) is 5.41. The highest BCUT2D eigenvalue weighted by Crippen LogP contribution is 2.61. The predicted octanol–water partition coefficient (Wildman–Crippen LogP) is 2.47. The van der Waals surface area contributed by atoms with Crippen molar-refractivity contribution in [1.82, 2.24) is 0 Å². The topological polar surface area (TPSA) is 89.6 Å². The Kier molecular flexibility index (Phi) is 3.83. The second-order valence-corrected chi connectivity index (χ2v) is 6.79. The normalized spacial score (nSPS) is 32.4. The van der Waals surface area contributed by atoms with Gasteiger partial charge in [0.25, 0.3) is 0 Å². The average Bonchev–Trinajstić information content (AvgIpc) is 3.10. The van der Waals surface area contributed by atoms with E-state index < -0.39 is 23.4 Å². The molecule has 0 aromatic heterocycles. The summed E-state index contributed by atoms with van der Waals surface area (Å²) in [5.74, 6) is -2.30. The minimum Gasteiger partial charge on any atom is -0.481 e. The molecule has 3 rings (SSSR count). The van der Waals surface area contributed by atoms with Crippen molar-refractivity contribution in [1.29, 1.82) is 0 Å². The first-order chi connectivity index (χ1) is 10.3. The van der Waals surface area contributed by atoms with E-state index in [-0.39, 0.29) is 18.4 Å². The highest BCUT2D eigenvalue weighted by molar-refractivity contribution is 6.35. The molecule has 2 aliphatic carbocycles. The van der Waals surface area contributed by atoms with Crippen LogP contribution in [-0.2, 0) is 20.9 Å². The van der Waals surface area contributed by atoms with Crippen LogP contribution in [0.25, 0.3) is 0 Å². The number of ether oxygens (including phenoxy) is 1. The van der Waals surface area contributed by atoms with E-state index in [0.717, 1.165) is 0 Å². The van der Waals surface area contributed by atoms with Crippen LogP contribution >= 0.6 is 23.2 Å². The van der Waals surface area contributed by atoms with Gasteiger partial charge in [0.05, 0.1) is 5.92 Å². The number of halogens is 2. The molecular weight excluding hydrogens is 329 g/mol. The van der Waals surface area contributed by atoms with Crippen LogP contribution in [0.5, 0.6) is 0 Å². The Hall–Kier alpha value is -1.30. The number of hydrogen-bond donors (Lipinski definition) is 2. The van der Waals surface area contributed by atoms with Gasteiger partial charge in [0.1, 0.15) is 12.1 Å². The third-order valence-electron chi connectivity index (χ3n) is 4.69. The van der Waals surface area contributed by atoms with Gasteiger partial charge < -0.3 is 15.6 Å². The monoisotopic (exact) mass is 343 g/mol. The number of aliphatic carboxylic acids is 1. The number of carbonyl (C=O) groups excluding carboxylic acids is 1. The van der Waals surface area contributed by atoms with Crippen molar-refractivity contribution >= 4 is 35.1 Å². The minimum atomic E-state index is -1.20. The maximum atomic E-state index is 12.3. The summed E-state index contributed by atoms with van der Waals surface area (Å²) in [6.45, 7) is -0.0110. The van der Waals surface area contributed by atoms with E-state index in [0.29, 0.717) is 28.5 Å². The molecule has 0 saturated heterocycles. The van der Waals surface area contributed by atoms with E-state index >= 15 is 0 Å². The Bertz CT molecular complexity index is 650. The predicted molar refractivity (Wildman–Crippen MR) is 80.5 cm³/mol. The SMILES string of the molecule is NC1(C(=O)OCc2ccc(Cl)cc2Cl)CCC2C(C(=O)O)C21. The van der Waals surface area contributed by atoms with Crippen molar-refractivity contribution in [3.05, 3.63) is 33.8 Å². The summed E-state index contributed by atoms with van der Waals surface area (Å²) in [6.07, 6.45) is 1.11. The third-order valence-corrected chi connectivity index (χ3v) is 5.28. The van der Waals surface area contributed by atoms with Gasteiger partial charge in [-0.3, -0.25) is 9.59 Å². The van der Waals surface area contributed by atoms with E-state index in [1.54, 1.807) is 18.2 Å². The zero-order valence-corrected chi connectivity index (χ0v) is 13.1. The molecule has 2 saturated carbocycles. The van der Waals surface area contributed by atoms with Crippen LogP contribution in [0, 0.1) is 17.8 Å². The Morgan fingerprint density at radius 2 is 2.14 bits per heavy atom. The molecule has 22 heavy (non-hydrogen) atoms. The average molecular weight is 344 g/mol. The van der Waals surface area contributed by atoms with Gasteiger partial charge in [-0.25, -0.2) is 0 Å². The lowest BCUT2D eigenvalue weighted by atomic mass is 9.91. The molecule has 1 aromatic carbocycles. The molecule has 4 atom stereocenters. The molecule has 7 heteroatoms. The summed E-state index contributed by atoms with van der Waals surface area (Å²) in [5.41, 5.74) is 5.58. The van der Waals surface area contributed by atoms with Crippen LogP contribution in [0.2, 0.25) is 10.0 Å². The molecule has 118 valence electrons. The fourth-order valence-corrected chi connectivity index (χ4v) is 3.96. The Labute approximate surface area is 137 Å². The largest absolute Gasteiger partial charge is 0.481 e. The number of nitrogens with two attached hydrogens (primary N) is 1. The summed E-state index contributed by atoms with van der Waals surface area (Å²) in [6, 6.07) is 4.90. The minimum absolute atomic E-state index is 0.00540. The lowest BCUT2D eigenvalue weighted by Gasteiger charge is -2.24. The van der Waals surface area contributed by atoms with Crippen LogP contribution in [-0.4, -0.2) is 22.6 Å². The number of esters is 1. The quantitative estimate of drug-likeness (QED) is 0.819. The molecule has 2 fully saturated rings. The van der Waals surface area contributed by atoms with Crippen LogP contribution in [0.3, 0.4) is 0 Å². The number of carboxylic acids is 1. The van der Waals surface area contributed by atoms with E-state index in [9.17, 15) is 9.59 Å². The molecule has 1 aromatic rings. The molecule has 0 amide bonds. The van der Waals surface area contributed by atoms with Crippen LogP contribution in [0.1, 0.15) is 18.4 Å². The van der Waals surface area contributed by atoms with Crippen LogP contribution in [0.4, 0.5) is 0 Å². The summed E-state index contributed by atoms with van der Waals surface area (Å²) < 4.78 is 5.28. The zero-order valence-electron chi connectivity index (χ0n) is 11.6. The molecule has 2 aliphatic rings. The summed E-state index contributed by atoms with van der Waals surface area (Å²) in [7, 11) is 0. The Balaban J connectivity index is 1.66. The molecule has 3 N–H and O–H groups in total. The molecule has 0 heterocycles. The molecule has 4 unspecified atom stereocenters. The van der Waals surface area contributed by atoms with Crippen LogP contribution in [0.15, 0.2) is 18.2 Å². The van der Waals surface area contributed by atoms with Crippen molar-refractivity contribution in [2.75, 3.05) is 0 Å². The molecule has 0 radical (unpaired) electrons. The lowest BCUT2D eigenvalue weighted by molar-refractivity contribution is -0.152. The first-order valence-electron chi connectivity index (χ1n) is 6.97. The van der Waals surface area contributed by atoms with E-state index in [2.05, 4.69) is 0 Å². The molecule has 5 nitrogen and oxygen atoms in total. The highest BCUT2D eigenvalue weighted by atomic mass is 35.5. The number of rotatable bonds is 4. The summed E-state index contributed by atoms with van der Waals surface area (Å²) in [4.78, 5) is 23.4. The summed E-state index contributed by atoms with van der Waals surface area (Å²) >= 11 is 11.8. The number of benzene rings is 1. The van der Waals surface area contributed by atoms with Gasteiger partial charge in [0.15, 0.2) is 0 Å². The second-order valence-electron chi connectivity index (χ2n) is 5.94. The fourth-order valence-electron chi connectivity index (χ4n) is 3.50. The molecule has 0 spiro atoms. The lowest BCUT2D eigenvalue weighted by Crippen LogP contribution is -2.50. The molecule has 0 aliphatic heterocycles. The van der Waals surface area contributed by atoms with Gasteiger partial charge in [0.2, 0.25) is 0 Å². The number of fused-ring (bicyclic) bond motifs is 1. The first-order valence-corrected chi connectivity index (χ1v) is 7.73. The van der Waals surface area contributed by atoms with Gasteiger partial charge in [-0.05, 0) is 30.9 Å². The maximum absolute atomic E-state index is 12.3. The Morgan fingerprint density at radius 3 is 2.73 bits per heavy atom. The van der Waals surface area contributed by atoms with E-state index in [1.165, 1.54) is 0 Å². The van der Waals surface area contributed by atoms with Crippen molar-refractivity contribution in [2.24, 2.45) is 23.5 Å². The van der Waals surface area contributed by atoms with Crippen molar-refractivity contribution < 1.29 is 19.4 Å². The van der Waals surface area contributed by atoms with Crippen LogP contribution < -0.4 is 5.73 Å². The number of hydrogen-bond acceptors (Lipinski definition) is 4. The maximum Gasteiger partial charge on any atom is 0.326 e. The van der Waals surface area contributed by atoms with E-state index in [1.807, 2.05) is 0 Å². The standard InChI is InChI=1S/C15H15Cl2NO4/c16-8-2-1-7(10(17)5-8)6-22-14(21)15(18)4-3-9-11(12(9)15)13(19)20/h1-2,5,9,11-12H,3-4,6,18H2,(H,19,20). The zero-order chi connectivity index (χ0) is 16.1. The van der Waals surface area contributed by atoms with Gasteiger partial charge in [-0.15, -0.1) is 0 Å². The van der Waals surface area contributed by atoms with Gasteiger partial charge in [0, 0.05) is 21.5 Å². The van der Waals surface area contributed by atoms with Gasteiger partial charge >= 0.3 is 11.9 Å². The van der Waals surface area contributed by atoms with Gasteiger partial charge in [-0.2, -0.15) is 0 Å². The van der Waals surface area contributed by atoms with E-state index in [4.69, 9.17) is 38.8 Å². The smallest absolute Gasteiger partial charge is 0.326 e. The third kappa shape index (κ3) is 2.47. The highest BCUT2D eigenvalue weighted by Gasteiger charge is 2.70. The fraction of sp³-hybridized carbons (Fsp3) is 0.467. The van der Waals surface area contributed by atoms with Crippen molar-refractivity contribution in [3.63, 3.8) is 0 Å². The number of carbonyl (C=O) groups is 2. The first kappa shape index (κ1) is 15.6. The molecular formula is C15H15Cl2NO4.